The lowest BCUT2D eigenvalue weighted by Gasteiger charge is -2.26. The van der Waals surface area contributed by atoms with Crippen molar-refractivity contribution >= 4 is 11.3 Å². The minimum absolute atomic E-state index is 0.476. The first-order valence-electron chi connectivity index (χ1n) is 4.45. The van der Waals surface area contributed by atoms with Gasteiger partial charge < -0.3 is 5.32 Å². The van der Waals surface area contributed by atoms with E-state index >= 15 is 0 Å². The molecule has 0 atom stereocenters. The van der Waals surface area contributed by atoms with Gasteiger partial charge in [0.15, 0.2) is 0 Å². The van der Waals surface area contributed by atoms with E-state index in [9.17, 15) is 0 Å². The Morgan fingerprint density at radius 2 is 2.43 bits per heavy atom. The Morgan fingerprint density at radius 3 is 3.07 bits per heavy atom. The molecule has 3 heterocycles. The van der Waals surface area contributed by atoms with Crippen molar-refractivity contribution in [3.05, 3.63) is 17.9 Å². The molecule has 1 N–H and O–H groups in total. The van der Waals surface area contributed by atoms with Gasteiger partial charge in [-0.3, -0.25) is 4.98 Å². The Hall–Kier alpha value is -1.27. The molecule has 0 aromatic carbocycles. The van der Waals surface area contributed by atoms with Gasteiger partial charge >= 0.3 is 0 Å². The van der Waals surface area contributed by atoms with Gasteiger partial charge in [-0.1, -0.05) is 5.21 Å². The summed E-state index contributed by atoms with van der Waals surface area (Å²) in [5.41, 5.74) is 2.72. The van der Waals surface area contributed by atoms with Gasteiger partial charge in [-0.15, -0.1) is 16.4 Å². The van der Waals surface area contributed by atoms with Crippen LogP contribution in [0.4, 0.5) is 0 Å². The molecule has 1 fully saturated rings. The quantitative estimate of drug-likeness (QED) is 0.781. The van der Waals surface area contributed by atoms with Gasteiger partial charge in [0.1, 0.15) is 5.69 Å². The van der Waals surface area contributed by atoms with Crippen LogP contribution in [0.1, 0.15) is 6.04 Å². The van der Waals surface area contributed by atoms with E-state index in [2.05, 4.69) is 20.6 Å². The molecule has 0 saturated carbocycles. The molecule has 0 bridgehead atoms. The standard InChI is InChI=1S/C8H9N5S/c1-6(2-9-1)13-4-7(11-12-13)8-3-10-5-14-8/h3-6,9H,1-2H2. The van der Waals surface area contributed by atoms with Crippen LogP contribution in [-0.4, -0.2) is 33.1 Å². The fourth-order valence-corrected chi connectivity index (χ4v) is 1.94. The van der Waals surface area contributed by atoms with Crippen LogP contribution in [0.2, 0.25) is 0 Å². The summed E-state index contributed by atoms with van der Waals surface area (Å²) in [4.78, 5) is 5.09. The monoisotopic (exact) mass is 207 g/mol. The number of aromatic nitrogens is 4. The third-order valence-corrected chi connectivity index (χ3v) is 3.12. The van der Waals surface area contributed by atoms with Gasteiger partial charge in [-0.25, -0.2) is 4.68 Å². The van der Waals surface area contributed by atoms with Gasteiger partial charge in [0.25, 0.3) is 0 Å². The molecule has 1 aliphatic heterocycles. The zero-order valence-electron chi connectivity index (χ0n) is 7.42. The van der Waals surface area contributed by atoms with Crippen LogP contribution < -0.4 is 5.32 Å². The molecule has 0 spiro atoms. The number of nitrogens with one attached hydrogen (secondary N) is 1. The fourth-order valence-electron chi connectivity index (χ4n) is 1.37. The van der Waals surface area contributed by atoms with E-state index in [1.54, 1.807) is 16.8 Å². The third kappa shape index (κ3) is 1.23. The van der Waals surface area contributed by atoms with E-state index in [-0.39, 0.29) is 0 Å². The second kappa shape index (κ2) is 3.14. The van der Waals surface area contributed by atoms with Gasteiger partial charge in [0.05, 0.1) is 22.6 Å². The van der Waals surface area contributed by atoms with Crippen molar-refractivity contribution in [1.29, 1.82) is 0 Å². The first-order valence-corrected chi connectivity index (χ1v) is 5.33. The van der Waals surface area contributed by atoms with Gasteiger partial charge in [0, 0.05) is 19.3 Å². The van der Waals surface area contributed by atoms with Gasteiger partial charge in [-0.2, -0.15) is 0 Å². The lowest BCUT2D eigenvalue weighted by molar-refractivity contribution is 0.313. The molecular weight excluding hydrogens is 198 g/mol. The van der Waals surface area contributed by atoms with E-state index in [1.807, 2.05) is 17.1 Å². The molecular formula is C8H9N5S. The fraction of sp³-hybridized carbons (Fsp3) is 0.375. The summed E-state index contributed by atoms with van der Waals surface area (Å²) >= 11 is 1.58. The van der Waals surface area contributed by atoms with Crippen molar-refractivity contribution in [1.82, 2.24) is 25.3 Å². The van der Waals surface area contributed by atoms with Crippen molar-refractivity contribution in [2.45, 2.75) is 6.04 Å². The molecule has 5 nitrogen and oxygen atoms in total. The van der Waals surface area contributed by atoms with Crippen LogP contribution in [0, 0.1) is 0 Å². The Morgan fingerprint density at radius 1 is 1.50 bits per heavy atom. The summed E-state index contributed by atoms with van der Waals surface area (Å²) in [5, 5.41) is 11.4. The van der Waals surface area contributed by atoms with Crippen LogP contribution >= 0.6 is 11.3 Å². The maximum Gasteiger partial charge on any atom is 0.124 e. The largest absolute Gasteiger partial charge is 0.312 e. The number of nitrogens with zero attached hydrogens (tertiary/aromatic N) is 4. The molecule has 1 saturated heterocycles. The van der Waals surface area contributed by atoms with Gasteiger partial charge in [0.2, 0.25) is 0 Å². The van der Waals surface area contributed by atoms with E-state index in [0.29, 0.717) is 6.04 Å². The Bertz CT molecular complexity index is 417. The second-order valence-electron chi connectivity index (χ2n) is 3.26. The minimum atomic E-state index is 0.476. The molecule has 0 radical (unpaired) electrons. The topological polar surface area (TPSA) is 55.6 Å². The highest BCUT2D eigenvalue weighted by atomic mass is 32.1. The lowest BCUT2D eigenvalue weighted by atomic mass is 10.2. The van der Waals surface area contributed by atoms with Crippen LogP contribution in [0.3, 0.4) is 0 Å². The summed E-state index contributed by atoms with van der Waals surface area (Å²) < 4.78 is 1.92. The van der Waals surface area contributed by atoms with Gasteiger partial charge in [-0.05, 0) is 0 Å². The Labute approximate surface area is 84.8 Å². The molecule has 0 aliphatic carbocycles. The lowest BCUT2D eigenvalue weighted by Crippen LogP contribution is -2.43. The second-order valence-corrected chi connectivity index (χ2v) is 4.15. The van der Waals surface area contributed by atoms with Crippen molar-refractivity contribution in [3.63, 3.8) is 0 Å². The zero-order chi connectivity index (χ0) is 9.38. The molecule has 2 aromatic heterocycles. The van der Waals surface area contributed by atoms with E-state index in [1.165, 1.54) is 0 Å². The molecule has 1 aliphatic rings. The molecule has 6 heteroatoms. The molecule has 3 rings (SSSR count). The average Bonchev–Trinajstić information content (AvgIpc) is 2.65. The van der Waals surface area contributed by atoms with Crippen LogP contribution in [-0.2, 0) is 0 Å². The van der Waals surface area contributed by atoms with E-state index < -0.39 is 0 Å². The maximum absolute atomic E-state index is 4.12. The first kappa shape index (κ1) is 8.07. The van der Waals surface area contributed by atoms with Crippen molar-refractivity contribution in [2.24, 2.45) is 0 Å². The summed E-state index contributed by atoms with van der Waals surface area (Å²) in [6.45, 7) is 1.98. The highest BCUT2D eigenvalue weighted by Crippen LogP contribution is 2.21. The molecule has 0 unspecified atom stereocenters. The number of rotatable bonds is 2. The molecule has 14 heavy (non-hydrogen) atoms. The maximum atomic E-state index is 4.12. The molecule has 72 valence electrons. The van der Waals surface area contributed by atoms with Crippen LogP contribution in [0.5, 0.6) is 0 Å². The molecule has 2 aromatic rings. The minimum Gasteiger partial charge on any atom is -0.312 e. The smallest absolute Gasteiger partial charge is 0.124 e. The number of hydrogen-bond donors (Lipinski definition) is 1. The molecule has 0 amide bonds. The Kier molecular flexibility index (Phi) is 1.81. The predicted octanol–water partition coefficient (Wildman–Crippen LogP) is 0.546. The first-order chi connectivity index (χ1) is 6.93. The number of hydrogen-bond acceptors (Lipinski definition) is 5. The highest BCUT2D eigenvalue weighted by molar-refractivity contribution is 7.13. The predicted molar refractivity (Wildman–Crippen MR) is 53.0 cm³/mol. The summed E-state index contributed by atoms with van der Waals surface area (Å²) in [7, 11) is 0. The van der Waals surface area contributed by atoms with E-state index in [4.69, 9.17) is 0 Å². The summed E-state index contributed by atoms with van der Waals surface area (Å²) in [6.07, 6.45) is 3.80. The Balaban J connectivity index is 1.90. The zero-order valence-corrected chi connectivity index (χ0v) is 8.24. The van der Waals surface area contributed by atoms with E-state index in [0.717, 1.165) is 23.7 Å². The van der Waals surface area contributed by atoms with Crippen molar-refractivity contribution in [3.8, 4) is 10.6 Å². The van der Waals surface area contributed by atoms with Crippen LogP contribution in [0.15, 0.2) is 17.9 Å². The normalized spacial score (nSPS) is 16.9. The summed E-state index contributed by atoms with van der Waals surface area (Å²) in [6, 6.07) is 0.476. The van der Waals surface area contributed by atoms with Crippen molar-refractivity contribution in [2.75, 3.05) is 13.1 Å². The third-order valence-electron chi connectivity index (χ3n) is 2.33. The van der Waals surface area contributed by atoms with Crippen molar-refractivity contribution < 1.29 is 0 Å². The average molecular weight is 207 g/mol. The summed E-state index contributed by atoms with van der Waals surface area (Å²) in [5.74, 6) is 0. The highest BCUT2D eigenvalue weighted by Gasteiger charge is 2.20. The van der Waals surface area contributed by atoms with Crippen LogP contribution in [0.25, 0.3) is 10.6 Å². The SMILES string of the molecule is c1ncc(-c2cn(C3CNC3)nn2)s1. The number of thiazole rings is 1.